The molecule has 0 spiro atoms. The number of H-pyrrole nitrogens is 1. The second kappa shape index (κ2) is 5.71. The number of carbonyl (C=O) groups excluding carboxylic acids is 1. The first-order valence-electron chi connectivity index (χ1n) is 7.90. The van der Waals surface area contributed by atoms with Crippen LogP contribution in [-0.4, -0.2) is 16.1 Å². The molecule has 0 bridgehead atoms. The number of aromatic amines is 1. The Kier molecular flexibility index (Phi) is 3.84. The first-order chi connectivity index (χ1) is 11.3. The van der Waals surface area contributed by atoms with Gasteiger partial charge < -0.3 is 14.8 Å². The zero-order valence-corrected chi connectivity index (χ0v) is 14.3. The number of aromatic nitrogens is 1. The maximum absolute atomic E-state index is 12.1. The van der Waals surface area contributed by atoms with Crippen molar-refractivity contribution in [3.05, 3.63) is 48.0 Å². The van der Waals surface area contributed by atoms with Gasteiger partial charge in [0.2, 0.25) is 0 Å². The van der Waals surface area contributed by atoms with Crippen LogP contribution in [0, 0.1) is 12.3 Å². The molecular formula is C20H21NO3. The third-order valence-electron chi connectivity index (χ3n) is 4.01. The Bertz CT molecular complexity index is 899. The Labute approximate surface area is 141 Å². The van der Waals surface area contributed by atoms with E-state index in [1.54, 1.807) is 18.2 Å². The number of hydrogen-bond acceptors (Lipinski definition) is 3. The predicted molar refractivity (Wildman–Crippen MR) is 95.2 cm³/mol. The fourth-order valence-electron chi connectivity index (χ4n) is 2.55. The van der Waals surface area contributed by atoms with Crippen molar-refractivity contribution in [2.45, 2.75) is 27.7 Å². The summed E-state index contributed by atoms with van der Waals surface area (Å²) in [4.78, 5) is 15.4. The molecule has 0 aliphatic carbocycles. The summed E-state index contributed by atoms with van der Waals surface area (Å²) in [5.74, 6) is 0.527. The standard InChI is InChI=1S/C20H21NO3/c1-12-16-11-15(24-19(23)20(2,3)4)9-10-17(16)21-18(12)13-5-7-14(22)8-6-13/h5-11,21-22H,1-4H3. The molecule has 0 amide bonds. The highest BCUT2D eigenvalue weighted by Gasteiger charge is 2.24. The summed E-state index contributed by atoms with van der Waals surface area (Å²) in [7, 11) is 0. The van der Waals surface area contributed by atoms with Crippen molar-refractivity contribution >= 4 is 16.9 Å². The summed E-state index contributed by atoms with van der Waals surface area (Å²) < 4.78 is 5.49. The van der Waals surface area contributed by atoms with E-state index < -0.39 is 5.41 Å². The lowest BCUT2D eigenvalue weighted by Gasteiger charge is -2.16. The molecule has 0 unspecified atom stereocenters. The minimum Gasteiger partial charge on any atom is -0.508 e. The third kappa shape index (κ3) is 3.00. The molecule has 24 heavy (non-hydrogen) atoms. The highest BCUT2D eigenvalue weighted by molar-refractivity contribution is 5.92. The van der Waals surface area contributed by atoms with E-state index in [0.29, 0.717) is 5.75 Å². The quantitative estimate of drug-likeness (QED) is 0.526. The topological polar surface area (TPSA) is 62.3 Å². The maximum atomic E-state index is 12.1. The second-order valence-corrected chi connectivity index (χ2v) is 7.02. The maximum Gasteiger partial charge on any atom is 0.316 e. The van der Waals surface area contributed by atoms with Crippen LogP contribution in [-0.2, 0) is 4.79 Å². The number of ether oxygens (including phenoxy) is 1. The van der Waals surface area contributed by atoms with Crippen LogP contribution in [0.4, 0.5) is 0 Å². The van der Waals surface area contributed by atoms with Crippen LogP contribution in [0.2, 0.25) is 0 Å². The van der Waals surface area contributed by atoms with E-state index in [0.717, 1.165) is 27.7 Å². The van der Waals surface area contributed by atoms with E-state index in [1.807, 2.05) is 52.0 Å². The van der Waals surface area contributed by atoms with Gasteiger partial charge in [0.15, 0.2) is 0 Å². The molecule has 1 heterocycles. The number of fused-ring (bicyclic) bond motifs is 1. The molecule has 0 aliphatic heterocycles. The van der Waals surface area contributed by atoms with Gasteiger partial charge in [-0.3, -0.25) is 4.79 Å². The van der Waals surface area contributed by atoms with Crippen LogP contribution in [0.1, 0.15) is 26.3 Å². The van der Waals surface area contributed by atoms with Gasteiger partial charge in [0, 0.05) is 16.6 Å². The summed E-state index contributed by atoms with van der Waals surface area (Å²) in [6, 6.07) is 12.7. The number of aromatic hydroxyl groups is 1. The van der Waals surface area contributed by atoms with Crippen LogP contribution >= 0.6 is 0 Å². The van der Waals surface area contributed by atoms with Gasteiger partial charge >= 0.3 is 5.97 Å². The molecule has 2 N–H and O–H groups in total. The summed E-state index contributed by atoms with van der Waals surface area (Å²) in [6.45, 7) is 7.52. The van der Waals surface area contributed by atoms with Crippen LogP contribution < -0.4 is 4.74 Å². The van der Waals surface area contributed by atoms with Crippen molar-refractivity contribution in [2.24, 2.45) is 5.41 Å². The van der Waals surface area contributed by atoms with Crippen LogP contribution in [0.15, 0.2) is 42.5 Å². The van der Waals surface area contributed by atoms with Gasteiger partial charge in [0.1, 0.15) is 11.5 Å². The number of hydrogen-bond donors (Lipinski definition) is 2. The van der Waals surface area contributed by atoms with Gasteiger partial charge in [0.25, 0.3) is 0 Å². The Morgan fingerprint density at radius 3 is 2.38 bits per heavy atom. The summed E-state index contributed by atoms with van der Waals surface area (Å²) in [6.07, 6.45) is 0. The van der Waals surface area contributed by atoms with Crippen LogP contribution in [0.5, 0.6) is 11.5 Å². The number of phenols is 1. The molecule has 3 aromatic rings. The number of carbonyl (C=O) groups is 1. The predicted octanol–water partition coefficient (Wildman–Crippen LogP) is 4.80. The largest absolute Gasteiger partial charge is 0.508 e. The van der Waals surface area contributed by atoms with E-state index >= 15 is 0 Å². The average molecular weight is 323 g/mol. The molecule has 0 radical (unpaired) electrons. The zero-order chi connectivity index (χ0) is 17.5. The zero-order valence-electron chi connectivity index (χ0n) is 14.3. The smallest absolute Gasteiger partial charge is 0.316 e. The fraction of sp³-hybridized carbons (Fsp3) is 0.250. The van der Waals surface area contributed by atoms with Crippen LogP contribution in [0.25, 0.3) is 22.2 Å². The Morgan fingerprint density at radius 2 is 1.75 bits per heavy atom. The van der Waals surface area contributed by atoms with Gasteiger partial charge in [-0.1, -0.05) is 0 Å². The SMILES string of the molecule is Cc1c(-c2ccc(O)cc2)[nH]c2ccc(OC(=O)C(C)(C)C)cc12. The number of benzene rings is 2. The molecule has 0 atom stereocenters. The molecule has 3 rings (SSSR count). The first kappa shape index (κ1) is 16.1. The average Bonchev–Trinajstić information content (AvgIpc) is 2.84. The first-order valence-corrected chi connectivity index (χ1v) is 7.90. The lowest BCUT2D eigenvalue weighted by molar-refractivity contribution is -0.142. The van der Waals surface area contributed by atoms with E-state index in [9.17, 15) is 9.90 Å². The Balaban J connectivity index is 2.00. The highest BCUT2D eigenvalue weighted by Crippen LogP contribution is 2.33. The molecule has 0 saturated carbocycles. The molecular weight excluding hydrogens is 302 g/mol. The van der Waals surface area contributed by atoms with E-state index in [4.69, 9.17) is 4.74 Å². The molecule has 2 aromatic carbocycles. The number of esters is 1. The fourth-order valence-corrected chi connectivity index (χ4v) is 2.55. The minimum atomic E-state index is -0.542. The number of rotatable bonds is 2. The molecule has 124 valence electrons. The molecule has 0 saturated heterocycles. The summed E-state index contributed by atoms with van der Waals surface area (Å²) in [5, 5.41) is 10.5. The minimum absolute atomic E-state index is 0.240. The van der Waals surface area contributed by atoms with Gasteiger partial charge in [-0.25, -0.2) is 0 Å². The van der Waals surface area contributed by atoms with E-state index in [-0.39, 0.29) is 11.7 Å². The number of nitrogens with one attached hydrogen (secondary N) is 1. The number of aryl methyl sites for hydroxylation is 1. The Morgan fingerprint density at radius 1 is 1.08 bits per heavy atom. The van der Waals surface area contributed by atoms with Gasteiger partial charge in [0.05, 0.1) is 5.41 Å². The number of phenolic OH excluding ortho intramolecular Hbond substituents is 1. The monoisotopic (exact) mass is 323 g/mol. The van der Waals surface area contributed by atoms with Gasteiger partial charge in [-0.05, 0) is 81.3 Å². The lowest BCUT2D eigenvalue weighted by Crippen LogP contribution is -2.25. The van der Waals surface area contributed by atoms with Gasteiger partial charge in [-0.2, -0.15) is 0 Å². The van der Waals surface area contributed by atoms with Crippen molar-refractivity contribution in [1.82, 2.24) is 4.98 Å². The molecule has 0 fully saturated rings. The highest BCUT2D eigenvalue weighted by atomic mass is 16.5. The molecule has 0 aliphatic rings. The third-order valence-corrected chi connectivity index (χ3v) is 4.01. The van der Waals surface area contributed by atoms with Crippen molar-refractivity contribution < 1.29 is 14.6 Å². The van der Waals surface area contributed by atoms with Gasteiger partial charge in [-0.15, -0.1) is 0 Å². The van der Waals surface area contributed by atoms with Crippen molar-refractivity contribution in [3.63, 3.8) is 0 Å². The van der Waals surface area contributed by atoms with E-state index in [1.165, 1.54) is 0 Å². The van der Waals surface area contributed by atoms with Crippen molar-refractivity contribution in [2.75, 3.05) is 0 Å². The van der Waals surface area contributed by atoms with E-state index in [2.05, 4.69) is 4.98 Å². The molecule has 4 heteroatoms. The normalized spacial score (nSPS) is 11.7. The van der Waals surface area contributed by atoms with Crippen LogP contribution in [0.3, 0.4) is 0 Å². The summed E-state index contributed by atoms with van der Waals surface area (Å²) >= 11 is 0. The Hall–Kier alpha value is -2.75. The lowest BCUT2D eigenvalue weighted by atomic mass is 9.97. The molecule has 4 nitrogen and oxygen atoms in total. The summed E-state index contributed by atoms with van der Waals surface area (Å²) in [5.41, 5.74) is 3.49. The second-order valence-electron chi connectivity index (χ2n) is 7.02. The molecule has 1 aromatic heterocycles. The van der Waals surface area contributed by atoms with Crippen molar-refractivity contribution in [3.8, 4) is 22.8 Å². The van der Waals surface area contributed by atoms with Crippen molar-refractivity contribution in [1.29, 1.82) is 0 Å².